The van der Waals surface area contributed by atoms with Crippen molar-refractivity contribution in [3.8, 4) is 5.75 Å². The SMILES string of the molecule is CC.Cc1cc(OCc2ccccc2)c(Cl)cc1Cl. The molecule has 3 heteroatoms. The normalized spacial score (nSPS) is 9.53. The van der Waals surface area contributed by atoms with Gasteiger partial charge in [0.2, 0.25) is 0 Å². The smallest absolute Gasteiger partial charge is 0.138 e. The highest BCUT2D eigenvalue weighted by molar-refractivity contribution is 6.35. The van der Waals surface area contributed by atoms with Gasteiger partial charge in [0.15, 0.2) is 0 Å². The standard InChI is InChI=1S/C14H12Cl2O.C2H6/c1-10-7-14(13(16)8-12(10)15)17-9-11-5-3-2-4-6-11;1-2/h2-8H,9H2,1H3;1-2H3. The summed E-state index contributed by atoms with van der Waals surface area (Å²) in [6.45, 7) is 6.43. The van der Waals surface area contributed by atoms with Gasteiger partial charge in [-0.25, -0.2) is 0 Å². The highest BCUT2D eigenvalue weighted by Crippen LogP contribution is 2.31. The molecule has 0 N–H and O–H groups in total. The van der Waals surface area contributed by atoms with E-state index in [-0.39, 0.29) is 0 Å². The van der Waals surface area contributed by atoms with Crippen LogP contribution in [-0.2, 0) is 6.61 Å². The Morgan fingerprint density at radius 3 is 2.21 bits per heavy atom. The fourth-order valence-electron chi connectivity index (χ4n) is 1.48. The van der Waals surface area contributed by atoms with Gasteiger partial charge in [-0.3, -0.25) is 0 Å². The highest BCUT2D eigenvalue weighted by atomic mass is 35.5. The molecular weight excluding hydrogens is 279 g/mol. The Morgan fingerprint density at radius 2 is 1.58 bits per heavy atom. The molecule has 0 spiro atoms. The van der Waals surface area contributed by atoms with Gasteiger partial charge in [-0.05, 0) is 30.2 Å². The van der Waals surface area contributed by atoms with Gasteiger partial charge in [0, 0.05) is 5.02 Å². The van der Waals surface area contributed by atoms with Gasteiger partial charge < -0.3 is 4.74 Å². The Bertz CT molecular complexity index is 510. The van der Waals surface area contributed by atoms with Gasteiger partial charge in [0.1, 0.15) is 12.4 Å². The van der Waals surface area contributed by atoms with Crippen LogP contribution in [0.2, 0.25) is 10.0 Å². The van der Waals surface area contributed by atoms with Crippen molar-refractivity contribution in [2.75, 3.05) is 0 Å². The van der Waals surface area contributed by atoms with Crippen LogP contribution in [0.3, 0.4) is 0 Å². The van der Waals surface area contributed by atoms with Crippen LogP contribution in [0.15, 0.2) is 42.5 Å². The molecule has 0 aliphatic carbocycles. The van der Waals surface area contributed by atoms with E-state index in [0.717, 1.165) is 11.1 Å². The molecule has 2 aromatic carbocycles. The van der Waals surface area contributed by atoms with Crippen LogP contribution in [0.1, 0.15) is 25.0 Å². The van der Waals surface area contributed by atoms with Crippen LogP contribution in [0, 0.1) is 6.92 Å². The van der Waals surface area contributed by atoms with Crippen LogP contribution in [0.25, 0.3) is 0 Å². The summed E-state index contributed by atoms with van der Waals surface area (Å²) in [7, 11) is 0. The number of halogens is 2. The zero-order chi connectivity index (χ0) is 14.3. The highest BCUT2D eigenvalue weighted by Gasteiger charge is 2.05. The topological polar surface area (TPSA) is 9.23 Å². The molecule has 0 atom stereocenters. The first-order valence-electron chi connectivity index (χ1n) is 6.29. The maximum Gasteiger partial charge on any atom is 0.138 e. The first-order chi connectivity index (χ1) is 9.16. The quantitative estimate of drug-likeness (QED) is 0.684. The number of rotatable bonds is 3. The number of ether oxygens (including phenoxy) is 1. The first kappa shape index (κ1) is 15.9. The zero-order valence-electron chi connectivity index (χ0n) is 11.4. The minimum atomic E-state index is 0.502. The zero-order valence-corrected chi connectivity index (χ0v) is 12.9. The molecule has 2 rings (SSSR count). The first-order valence-corrected chi connectivity index (χ1v) is 7.05. The van der Waals surface area contributed by atoms with Gasteiger partial charge in [-0.2, -0.15) is 0 Å². The van der Waals surface area contributed by atoms with Crippen molar-refractivity contribution < 1.29 is 4.74 Å². The summed E-state index contributed by atoms with van der Waals surface area (Å²) >= 11 is 12.0. The second-order valence-corrected chi connectivity index (χ2v) is 4.62. The van der Waals surface area contributed by atoms with E-state index in [2.05, 4.69) is 0 Å². The number of hydrogen-bond acceptors (Lipinski definition) is 1. The molecule has 102 valence electrons. The van der Waals surface area contributed by atoms with Gasteiger partial charge in [-0.15, -0.1) is 0 Å². The maximum absolute atomic E-state index is 6.06. The maximum atomic E-state index is 6.06. The van der Waals surface area contributed by atoms with E-state index in [1.54, 1.807) is 6.07 Å². The third-order valence-corrected chi connectivity index (χ3v) is 3.15. The molecule has 0 bridgehead atoms. The molecule has 0 aliphatic rings. The van der Waals surface area contributed by atoms with Crippen LogP contribution in [0.4, 0.5) is 0 Å². The van der Waals surface area contributed by atoms with E-state index >= 15 is 0 Å². The summed E-state index contributed by atoms with van der Waals surface area (Å²) in [4.78, 5) is 0. The Labute approximate surface area is 125 Å². The minimum absolute atomic E-state index is 0.502. The fraction of sp³-hybridized carbons (Fsp3) is 0.250. The number of hydrogen-bond donors (Lipinski definition) is 0. The molecule has 0 saturated heterocycles. The number of aryl methyl sites for hydroxylation is 1. The van der Waals surface area contributed by atoms with E-state index in [4.69, 9.17) is 27.9 Å². The van der Waals surface area contributed by atoms with Crippen molar-refractivity contribution >= 4 is 23.2 Å². The van der Waals surface area contributed by atoms with Crippen molar-refractivity contribution in [2.24, 2.45) is 0 Å². The lowest BCUT2D eigenvalue weighted by molar-refractivity contribution is 0.306. The van der Waals surface area contributed by atoms with Gasteiger partial charge >= 0.3 is 0 Å². The second kappa shape index (κ2) is 8.08. The molecule has 0 aliphatic heterocycles. The Balaban J connectivity index is 0.000000861. The summed E-state index contributed by atoms with van der Waals surface area (Å²) in [6.07, 6.45) is 0. The summed E-state index contributed by atoms with van der Waals surface area (Å²) < 4.78 is 5.67. The lowest BCUT2D eigenvalue weighted by Crippen LogP contribution is -1.96. The molecule has 0 fully saturated rings. The second-order valence-electron chi connectivity index (χ2n) is 3.81. The molecule has 0 radical (unpaired) electrons. The van der Waals surface area contributed by atoms with Crippen LogP contribution < -0.4 is 4.74 Å². The summed E-state index contributed by atoms with van der Waals surface area (Å²) in [6, 6.07) is 13.5. The minimum Gasteiger partial charge on any atom is -0.487 e. The Morgan fingerprint density at radius 1 is 0.947 bits per heavy atom. The van der Waals surface area contributed by atoms with Crippen LogP contribution in [-0.4, -0.2) is 0 Å². The monoisotopic (exact) mass is 296 g/mol. The molecular formula is C16H18Cl2O. The molecule has 0 amide bonds. The predicted octanol–water partition coefficient (Wildman–Crippen LogP) is 5.91. The lowest BCUT2D eigenvalue weighted by atomic mass is 10.2. The molecule has 19 heavy (non-hydrogen) atoms. The fourth-order valence-corrected chi connectivity index (χ4v) is 1.91. The largest absolute Gasteiger partial charge is 0.487 e. The van der Waals surface area contributed by atoms with E-state index < -0.39 is 0 Å². The van der Waals surface area contributed by atoms with E-state index in [1.807, 2.05) is 57.2 Å². The average molecular weight is 297 g/mol. The van der Waals surface area contributed by atoms with Gasteiger partial charge in [-0.1, -0.05) is 67.4 Å². The van der Waals surface area contributed by atoms with Crippen LogP contribution in [0.5, 0.6) is 5.75 Å². The molecule has 0 heterocycles. The summed E-state index contributed by atoms with van der Waals surface area (Å²) in [5.74, 6) is 0.664. The van der Waals surface area contributed by atoms with E-state index in [0.29, 0.717) is 22.4 Å². The van der Waals surface area contributed by atoms with Crippen molar-refractivity contribution in [3.05, 3.63) is 63.6 Å². The number of benzene rings is 2. The van der Waals surface area contributed by atoms with E-state index in [9.17, 15) is 0 Å². The van der Waals surface area contributed by atoms with Crippen molar-refractivity contribution in [3.63, 3.8) is 0 Å². The van der Waals surface area contributed by atoms with Crippen molar-refractivity contribution in [1.82, 2.24) is 0 Å². The molecule has 1 nitrogen and oxygen atoms in total. The summed E-state index contributed by atoms with van der Waals surface area (Å²) in [5.41, 5.74) is 2.07. The molecule has 0 unspecified atom stereocenters. The average Bonchev–Trinajstić information content (AvgIpc) is 2.45. The van der Waals surface area contributed by atoms with Crippen molar-refractivity contribution in [2.45, 2.75) is 27.4 Å². The summed E-state index contributed by atoms with van der Waals surface area (Å²) in [5, 5.41) is 1.19. The van der Waals surface area contributed by atoms with Crippen LogP contribution >= 0.6 is 23.2 Å². The Kier molecular flexibility index (Phi) is 6.75. The Hall–Kier alpha value is -1.18. The lowest BCUT2D eigenvalue weighted by Gasteiger charge is -2.09. The van der Waals surface area contributed by atoms with Gasteiger partial charge in [0.05, 0.1) is 5.02 Å². The third-order valence-electron chi connectivity index (χ3n) is 2.45. The molecule has 2 aromatic rings. The third kappa shape index (κ3) is 4.77. The predicted molar refractivity (Wildman–Crippen MR) is 83.3 cm³/mol. The van der Waals surface area contributed by atoms with Gasteiger partial charge in [0.25, 0.3) is 0 Å². The van der Waals surface area contributed by atoms with Crippen molar-refractivity contribution in [1.29, 1.82) is 0 Å². The molecule has 0 saturated carbocycles. The molecule has 0 aromatic heterocycles. The van der Waals surface area contributed by atoms with E-state index in [1.165, 1.54) is 0 Å².